The summed E-state index contributed by atoms with van der Waals surface area (Å²) >= 11 is 0. The number of hydrogen-bond donors (Lipinski definition) is 3. The van der Waals surface area contributed by atoms with Crippen LogP contribution in [0.5, 0.6) is 0 Å². The van der Waals surface area contributed by atoms with Crippen LogP contribution in [-0.4, -0.2) is 33.5 Å². The number of aryl methyl sites for hydroxylation is 1. The highest BCUT2D eigenvalue weighted by Crippen LogP contribution is 2.08. The van der Waals surface area contributed by atoms with E-state index in [4.69, 9.17) is 5.11 Å². The monoisotopic (exact) mass is 250 g/mol. The summed E-state index contributed by atoms with van der Waals surface area (Å²) in [6, 6.07) is 7.77. The van der Waals surface area contributed by atoms with Crippen molar-refractivity contribution >= 4 is 12.0 Å². The Morgan fingerprint density at radius 1 is 1.28 bits per heavy atom. The van der Waals surface area contributed by atoms with Gasteiger partial charge in [0.05, 0.1) is 18.6 Å². The molecule has 0 aliphatic carbocycles. The Morgan fingerprint density at radius 2 is 1.89 bits per heavy atom. The zero-order valence-corrected chi connectivity index (χ0v) is 10.3. The van der Waals surface area contributed by atoms with Crippen LogP contribution >= 0.6 is 0 Å². The molecule has 4 heteroatoms. The molecule has 4 nitrogen and oxygen atoms in total. The smallest absolute Gasteiger partial charge is 0.305 e. The van der Waals surface area contributed by atoms with Crippen LogP contribution in [0.3, 0.4) is 0 Å². The first-order valence-corrected chi connectivity index (χ1v) is 5.80. The van der Waals surface area contributed by atoms with Crippen molar-refractivity contribution < 1.29 is 20.1 Å². The third-order valence-electron chi connectivity index (χ3n) is 2.51. The zero-order chi connectivity index (χ0) is 13.5. The Morgan fingerprint density at radius 3 is 2.44 bits per heavy atom. The summed E-state index contributed by atoms with van der Waals surface area (Å²) < 4.78 is 0. The standard InChI is InChI=1S/C14H18O4/c1-10-2-4-11(5-3-10)6-7-12(15)8-13(16)9-14(17)18/h2-7,12-13,15-16H,8-9H2,1H3,(H,17,18)/b7-6+/t12-,13-/m0/s1. The van der Waals surface area contributed by atoms with E-state index >= 15 is 0 Å². The molecule has 0 radical (unpaired) electrons. The highest BCUT2D eigenvalue weighted by atomic mass is 16.4. The van der Waals surface area contributed by atoms with Crippen molar-refractivity contribution in [1.29, 1.82) is 0 Å². The lowest BCUT2D eigenvalue weighted by Crippen LogP contribution is -2.19. The SMILES string of the molecule is Cc1ccc(/C=C/[C@H](O)C[C@H](O)CC(=O)O)cc1. The third-order valence-corrected chi connectivity index (χ3v) is 2.51. The quantitative estimate of drug-likeness (QED) is 0.716. The average molecular weight is 250 g/mol. The molecule has 0 aliphatic rings. The van der Waals surface area contributed by atoms with Crippen LogP contribution < -0.4 is 0 Å². The van der Waals surface area contributed by atoms with E-state index in [1.54, 1.807) is 12.2 Å². The number of carboxylic acid groups (broad SMARTS) is 1. The van der Waals surface area contributed by atoms with E-state index in [9.17, 15) is 15.0 Å². The Bertz CT molecular complexity index is 408. The number of aliphatic hydroxyl groups excluding tert-OH is 2. The Kier molecular flexibility index (Phi) is 5.55. The maximum Gasteiger partial charge on any atom is 0.305 e. The fourth-order valence-electron chi connectivity index (χ4n) is 1.54. The second kappa shape index (κ2) is 6.93. The molecule has 1 aromatic rings. The third kappa shape index (κ3) is 5.61. The van der Waals surface area contributed by atoms with Crippen LogP contribution in [-0.2, 0) is 4.79 Å². The number of hydrogen-bond acceptors (Lipinski definition) is 3. The molecule has 1 aromatic carbocycles. The first-order valence-electron chi connectivity index (χ1n) is 5.80. The number of aliphatic hydroxyl groups is 2. The number of carbonyl (C=O) groups is 1. The zero-order valence-electron chi connectivity index (χ0n) is 10.3. The average Bonchev–Trinajstić information content (AvgIpc) is 2.27. The summed E-state index contributed by atoms with van der Waals surface area (Å²) in [4.78, 5) is 10.3. The van der Waals surface area contributed by atoms with Gasteiger partial charge in [-0.3, -0.25) is 4.79 Å². The largest absolute Gasteiger partial charge is 0.481 e. The molecule has 2 atom stereocenters. The second-order valence-corrected chi connectivity index (χ2v) is 4.32. The molecule has 0 saturated heterocycles. The summed E-state index contributed by atoms with van der Waals surface area (Å²) in [7, 11) is 0. The van der Waals surface area contributed by atoms with Gasteiger partial charge < -0.3 is 15.3 Å². The van der Waals surface area contributed by atoms with Gasteiger partial charge in [-0.15, -0.1) is 0 Å². The predicted molar refractivity (Wildman–Crippen MR) is 69.1 cm³/mol. The van der Waals surface area contributed by atoms with Crippen LogP contribution in [0.15, 0.2) is 30.3 Å². The van der Waals surface area contributed by atoms with Crippen molar-refractivity contribution in [3.05, 3.63) is 41.5 Å². The van der Waals surface area contributed by atoms with E-state index < -0.39 is 18.2 Å². The Labute approximate surface area is 106 Å². The molecule has 1 rings (SSSR count). The van der Waals surface area contributed by atoms with Crippen molar-refractivity contribution in [3.8, 4) is 0 Å². The van der Waals surface area contributed by atoms with Gasteiger partial charge in [0.25, 0.3) is 0 Å². The topological polar surface area (TPSA) is 77.8 Å². The Hall–Kier alpha value is -1.65. The van der Waals surface area contributed by atoms with E-state index in [2.05, 4.69) is 0 Å². The van der Waals surface area contributed by atoms with Crippen LogP contribution in [0.1, 0.15) is 24.0 Å². The molecule has 0 aromatic heterocycles. The highest BCUT2D eigenvalue weighted by Gasteiger charge is 2.12. The fraction of sp³-hybridized carbons (Fsp3) is 0.357. The number of aliphatic carboxylic acids is 1. The first kappa shape index (κ1) is 14.4. The van der Waals surface area contributed by atoms with Crippen LogP contribution in [0.25, 0.3) is 6.08 Å². The number of rotatable bonds is 6. The van der Waals surface area contributed by atoms with E-state index in [0.717, 1.165) is 11.1 Å². The lowest BCUT2D eigenvalue weighted by molar-refractivity contribution is -0.139. The predicted octanol–water partition coefficient (Wildman–Crippen LogP) is 1.59. The molecule has 0 bridgehead atoms. The molecular weight excluding hydrogens is 232 g/mol. The van der Waals surface area contributed by atoms with Crippen LogP contribution in [0.2, 0.25) is 0 Å². The molecule has 18 heavy (non-hydrogen) atoms. The van der Waals surface area contributed by atoms with Gasteiger partial charge >= 0.3 is 5.97 Å². The Balaban J connectivity index is 2.46. The summed E-state index contributed by atoms with van der Waals surface area (Å²) in [5.74, 6) is -1.07. The van der Waals surface area contributed by atoms with E-state index in [-0.39, 0.29) is 12.8 Å². The molecular formula is C14H18O4. The lowest BCUT2D eigenvalue weighted by atomic mass is 10.1. The van der Waals surface area contributed by atoms with Gasteiger partial charge in [-0.1, -0.05) is 42.0 Å². The molecule has 0 amide bonds. The van der Waals surface area contributed by atoms with Crippen molar-refractivity contribution in [2.75, 3.05) is 0 Å². The van der Waals surface area contributed by atoms with Gasteiger partial charge in [-0.05, 0) is 12.5 Å². The minimum atomic E-state index is -1.07. The summed E-state index contributed by atoms with van der Waals surface area (Å²) in [5.41, 5.74) is 2.11. The summed E-state index contributed by atoms with van der Waals surface area (Å²) in [6.07, 6.45) is 1.10. The second-order valence-electron chi connectivity index (χ2n) is 4.32. The number of carboxylic acids is 1. The van der Waals surface area contributed by atoms with Crippen LogP contribution in [0, 0.1) is 6.92 Å². The first-order chi connectivity index (χ1) is 8.47. The number of benzene rings is 1. The maximum atomic E-state index is 10.3. The van der Waals surface area contributed by atoms with Gasteiger partial charge in [0.15, 0.2) is 0 Å². The van der Waals surface area contributed by atoms with Gasteiger partial charge in [0.1, 0.15) is 0 Å². The van der Waals surface area contributed by atoms with E-state index in [1.807, 2.05) is 31.2 Å². The van der Waals surface area contributed by atoms with Crippen LogP contribution in [0.4, 0.5) is 0 Å². The highest BCUT2D eigenvalue weighted by molar-refractivity contribution is 5.67. The molecule has 3 N–H and O–H groups in total. The van der Waals surface area contributed by atoms with E-state index in [0.29, 0.717) is 0 Å². The molecule has 0 aliphatic heterocycles. The van der Waals surface area contributed by atoms with E-state index in [1.165, 1.54) is 0 Å². The molecule has 0 fully saturated rings. The van der Waals surface area contributed by atoms with Gasteiger partial charge in [-0.2, -0.15) is 0 Å². The normalized spacial score (nSPS) is 14.6. The van der Waals surface area contributed by atoms with Gasteiger partial charge in [0.2, 0.25) is 0 Å². The molecule has 98 valence electrons. The fourth-order valence-corrected chi connectivity index (χ4v) is 1.54. The molecule has 0 spiro atoms. The lowest BCUT2D eigenvalue weighted by Gasteiger charge is -2.10. The molecule has 0 heterocycles. The minimum Gasteiger partial charge on any atom is -0.481 e. The maximum absolute atomic E-state index is 10.3. The van der Waals surface area contributed by atoms with Gasteiger partial charge in [0, 0.05) is 6.42 Å². The van der Waals surface area contributed by atoms with Crippen molar-refractivity contribution in [2.24, 2.45) is 0 Å². The van der Waals surface area contributed by atoms with Crippen molar-refractivity contribution in [2.45, 2.75) is 32.0 Å². The summed E-state index contributed by atoms with van der Waals surface area (Å²) in [6.45, 7) is 1.99. The minimum absolute atomic E-state index is 0.0225. The van der Waals surface area contributed by atoms with Gasteiger partial charge in [-0.25, -0.2) is 0 Å². The van der Waals surface area contributed by atoms with Crippen molar-refractivity contribution in [3.63, 3.8) is 0 Å². The molecule has 0 unspecified atom stereocenters. The van der Waals surface area contributed by atoms with Crippen molar-refractivity contribution in [1.82, 2.24) is 0 Å². The molecule has 0 saturated carbocycles. The summed E-state index contributed by atoms with van der Waals surface area (Å²) in [5, 5.41) is 27.4.